The molecule has 2 aromatic carbocycles. The van der Waals surface area contributed by atoms with Crippen LogP contribution in [-0.4, -0.2) is 17.2 Å². The van der Waals surface area contributed by atoms with Crippen molar-refractivity contribution in [3.8, 4) is 0 Å². The molecule has 22 heavy (non-hydrogen) atoms. The standard InChI is InChI=1S/C18H14N2O2/c21-18(14-6-2-1-3-7-14)13-20-12-16-9-5-4-8-15(16)10-17(20)11-19-22/h1-12H,13H2. The largest absolute Gasteiger partial charge is 0.338 e. The molecule has 0 fully saturated rings. The number of hydrogen-bond donors (Lipinski definition) is 0. The summed E-state index contributed by atoms with van der Waals surface area (Å²) in [5.41, 5.74) is 1.26. The van der Waals surface area contributed by atoms with Gasteiger partial charge in [0.1, 0.15) is 0 Å². The van der Waals surface area contributed by atoms with Gasteiger partial charge in [-0.1, -0.05) is 54.6 Å². The molecule has 108 valence electrons. The third-order valence-electron chi connectivity index (χ3n) is 3.52. The summed E-state index contributed by atoms with van der Waals surface area (Å²) in [6.45, 7) is 0.163. The van der Waals surface area contributed by atoms with Gasteiger partial charge in [0, 0.05) is 11.8 Å². The second-order valence-electron chi connectivity index (χ2n) is 4.98. The Balaban J connectivity index is 1.95. The van der Waals surface area contributed by atoms with Crippen LogP contribution in [0, 0.1) is 4.91 Å². The summed E-state index contributed by atoms with van der Waals surface area (Å²) in [7, 11) is 0. The molecule has 0 atom stereocenters. The Hall–Kier alpha value is -3.01. The molecule has 0 N–H and O–H groups in total. The van der Waals surface area contributed by atoms with Crippen LogP contribution in [0.4, 0.5) is 0 Å². The number of allylic oxidation sites excluding steroid dienone is 1. The molecule has 1 heterocycles. The van der Waals surface area contributed by atoms with Crippen LogP contribution in [0.5, 0.6) is 0 Å². The number of carbonyl (C=O) groups excluding carboxylic acids is 1. The van der Waals surface area contributed by atoms with Gasteiger partial charge in [0.2, 0.25) is 0 Å². The molecule has 0 radical (unpaired) electrons. The van der Waals surface area contributed by atoms with Crippen LogP contribution in [0.15, 0.2) is 71.7 Å². The van der Waals surface area contributed by atoms with Crippen molar-refractivity contribution in [2.75, 3.05) is 6.54 Å². The molecule has 0 saturated carbocycles. The normalized spacial score (nSPS) is 14.7. The molecule has 0 bridgehead atoms. The first kappa shape index (κ1) is 13.9. The lowest BCUT2D eigenvalue weighted by Crippen LogP contribution is -2.36. The monoisotopic (exact) mass is 290 g/mol. The van der Waals surface area contributed by atoms with Crippen molar-refractivity contribution in [2.24, 2.45) is 5.18 Å². The van der Waals surface area contributed by atoms with E-state index in [1.807, 2.05) is 54.7 Å². The fourth-order valence-electron chi connectivity index (χ4n) is 2.42. The van der Waals surface area contributed by atoms with E-state index < -0.39 is 0 Å². The van der Waals surface area contributed by atoms with Crippen LogP contribution in [0.2, 0.25) is 0 Å². The van der Waals surface area contributed by atoms with Crippen molar-refractivity contribution in [1.29, 1.82) is 0 Å². The topological polar surface area (TPSA) is 49.7 Å². The number of rotatable bonds is 4. The van der Waals surface area contributed by atoms with Gasteiger partial charge in [-0.15, -0.1) is 4.91 Å². The molecule has 4 heteroatoms. The molecule has 1 aliphatic heterocycles. The van der Waals surface area contributed by atoms with Crippen LogP contribution in [0.25, 0.3) is 12.3 Å². The molecule has 0 aromatic heterocycles. The number of nitrogens with zero attached hydrogens (tertiary/aromatic N) is 2. The predicted octanol–water partition coefficient (Wildman–Crippen LogP) is 2.01. The van der Waals surface area contributed by atoms with Crippen LogP contribution in [0.3, 0.4) is 0 Å². The van der Waals surface area contributed by atoms with E-state index in [1.54, 1.807) is 17.0 Å². The van der Waals surface area contributed by atoms with Crippen LogP contribution in [0.1, 0.15) is 10.4 Å². The van der Waals surface area contributed by atoms with Gasteiger partial charge in [0.25, 0.3) is 0 Å². The minimum Gasteiger partial charge on any atom is -0.338 e. The molecule has 0 aliphatic carbocycles. The Morgan fingerprint density at radius 2 is 1.68 bits per heavy atom. The molecular formula is C18H14N2O2. The molecular weight excluding hydrogens is 276 g/mol. The molecule has 3 rings (SSSR count). The zero-order valence-electron chi connectivity index (χ0n) is 11.8. The van der Waals surface area contributed by atoms with Gasteiger partial charge in [0.05, 0.1) is 18.4 Å². The second kappa shape index (κ2) is 6.18. The first-order valence-corrected chi connectivity index (χ1v) is 6.94. The Morgan fingerprint density at radius 3 is 2.41 bits per heavy atom. The molecule has 4 nitrogen and oxygen atoms in total. The Labute approximate surface area is 127 Å². The van der Waals surface area contributed by atoms with Gasteiger partial charge in [-0.25, -0.2) is 0 Å². The number of nitroso groups, excluding NO2 is 1. The zero-order valence-corrected chi connectivity index (χ0v) is 11.8. The van der Waals surface area contributed by atoms with E-state index in [1.165, 1.54) is 6.20 Å². The van der Waals surface area contributed by atoms with E-state index in [4.69, 9.17) is 0 Å². The van der Waals surface area contributed by atoms with Crippen molar-refractivity contribution in [1.82, 2.24) is 4.90 Å². The summed E-state index contributed by atoms with van der Waals surface area (Å²) in [6.07, 6.45) is 4.95. The molecule has 0 amide bonds. The SMILES string of the molecule is O=NC=C1C=c2ccccc2=CN1CC(=O)c1ccccc1. The van der Waals surface area contributed by atoms with E-state index in [2.05, 4.69) is 5.18 Å². The van der Waals surface area contributed by atoms with Gasteiger partial charge in [0.15, 0.2) is 5.78 Å². The lowest BCUT2D eigenvalue weighted by molar-refractivity contribution is 0.0972. The van der Waals surface area contributed by atoms with Crippen LogP contribution < -0.4 is 10.4 Å². The van der Waals surface area contributed by atoms with Gasteiger partial charge in [-0.05, 0) is 21.7 Å². The fraction of sp³-hybridized carbons (Fsp3) is 0.0556. The summed E-state index contributed by atoms with van der Waals surface area (Å²) in [6, 6.07) is 16.9. The summed E-state index contributed by atoms with van der Waals surface area (Å²) in [4.78, 5) is 24.7. The van der Waals surface area contributed by atoms with E-state index in [0.29, 0.717) is 11.3 Å². The van der Waals surface area contributed by atoms with Crippen LogP contribution in [-0.2, 0) is 0 Å². The molecule has 2 aromatic rings. The van der Waals surface area contributed by atoms with Gasteiger partial charge < -0.3 is 4.90 Å². The van der Waals surface area contributed by atoms with Crippen molar-refractivity contribution >= 4 is 18.1 Å². The van der Waals surface area contributed by atoms with Gasteiger partial charge in [-0.3, -0.25) is 4.79 Å². The summed E-state index contributed by atoms with van der Waals surface area (Å²) in [5, 5.41) is 4.85. The smallest absolute Gasteiger partial charge is 0.182 e. The Bertz CT molecular complexity index is 854. The van der Waals surface area contributed by atoms with Crippen molar-refractivity contribution in [3.63, 3.8) is 0 Å². The van der Waals surface area contributed by atoms with Gasteiger partial charge in [-0.2, -0.15) is 0 Å². The molecule has 0 saturated heterocycles. The summed E-state index contributed by atoms with van der Waals surface area (Å²) >= 11 is 0. The summed E-state index contributed by atoms with van der Waals surface area (Å²) < 4.78 is 0. The van der Waals surface area contributed by atoms with Crippen molar-refractivity contribution in [2.45, 2.75) is 0 Å². The predicted molar refractivity (Wildman–Crippen MR) is 86.0 cm³/mol. The minimum absolute atomic E-state index is 0.0126. The van der Waals surface area contributed by atoms with Gasteiger partial charge >= 0.3 is 0 Å². The molecule has 0 unspecified atom stereocenters. The number of benzene rings is 2. The summed E-state index contributed by atoms with van der Waals surface area (Å²) in [5.74, 6) is -0.0126. The maximum Gasteiger partial charge on any atom is 0.182 e. The quantitative estimate of drug-likeness (QED) is 0.639. The number of carbonyl (C=O) groups is 1. The number of fused-ring (bicyclic) bond motifs is 1. The zero-order chi connectivity index (χ0) is 15.4. The Morgan fingerprint density at radius 1 is 1.00 bits per heavy atom. The first-order chi connectivity index (χ1) is 10.8. The van der Waals surface area contributed by atoms with E-state index in [9.17, 15) is 9.70 Å². The lowest BCUT2D eigenvalue weighted by Gasteiger charge is -2.22. The molecule has 0 spiro atoms. The second-order valence-corrected chi connectivity index (χ2v) is 4.98. The number of Topliss-reactive ketones (excluding diaryl/α,β-unsaturated/α-hetero) is 1. The highest BCUT2D eigenvalue weighted by atomic mass is 16.2. The minimum atomic E-state index is -0.0126. The van der Waals surface area contributed by atoms with Crippen LogP contribution >= 0.6 is 0 Å². The average Bonchev–Trinajstić information content (AvgIpc) is 2.56. The van der Waals surface area contributed by atoms with Crippen molar-refractivity contribution in [3.05, 3.63) is 87.4 Å². The fourth-order valence-corrected chi connectivity index (χ4v) is 2.42. The first-order valence-electron chi connectivity index (χ1n) is 6.94. The van der Waals surface area contributed by atoms with E-state index in [0.717, 1.165) is 10.4 Å². The third kappa shape index (κ3) is 2.86. The maximum atomic E-state index is 12.4. The third-order valence-corrected chi connectivity index (χ3v) is 3.52. The van der Waals surface area contributed by atoms with E-state index in [-0.39, 0.29) is 12.3 Å². The highest BCUT2D eigenvalue weighted by molar-refractivity contribution is 5.98. The number of ketones is 1. The average molecular weight is 290 g/mol. The lowest BCUT2D eigenvalue weighted by atomic mass is 10.1. The van der Waals surface area contributed by atoms with E-state index >= 15 is 0 Å². The maximum absolute atomic E-state index is 12.4. The highest BCUT2D eigenvalue weighted by Gasteiger charge is 2.14. The Kier molecular flexibility index (Phi) is 3.92. The van der Waals surface area contributed by atoms with Crippen molar-refractivity contribution < 1.29 is 4.79 Å². The number of hydrogen-bond acceptors (Lipinski definition) is 4. The molecule has 1 aliphatic rings. The highest BCUT2D eigenvalue weighted by Crippen LogP contribution is 2.12.